The van der Waals surface area contributed by atoms with Crippen molar-refractivity contribution < 1.29 is 10.2 Å². The Morgan fingerprint density at radius 3 is 2.29 bits per heavy atom. The fraction of sp³-hybridized carbons (Fsp3) is 1.00. The van der Waals surface area contributed by atoms with Gasteiger partial charge in [0.15, 0.2) is 0 Å². The van der Waals surface area contributed by atoms with Crippen molar-refractivity contribution in [2.45, 2.75) is 83.8 Å². The molecule has 120 valence electrons. The van der Waals surface area contributed by atoms with Gasteiger partial charge in [0.25, 0.3) is 0 Å². The molecule has 2 N–H and O–H groups in total. The monoisotopic (exact) mass is 292 g/mol. The Labute approximate surface area is 129 Å². The highest BCUT2D eigenvalue weighted by Gasteiger charge is 2.59. The van der Waals surface area contributed by atoms with Crippen LogP contribution in [0.1, 0.15) is 71.6 Å². The quantitative estimate of drug-likeness (QED) is 0.714. The second kappa shape index (κ2) is 4.71. The molecule has 0 unspecified atom stereocenters. The maximum atomic E-state index is 10.5. The summed E-state index contributed by atoms with van der Waals surface area (Å²) in [5.74, 6) is 3.21. The van der Waals surface area contributed by atoms with E-state index in [9.17, 15) is 10.2 Å². The van der Waals surface area contributed by atoms with Crippen LogP contribution in [0.15, 0.2) is 0 Å². The van der Waals surface area contributed by atoms with Crippen LogP contribution in [0, 0.1) is 34.5 Å². The average molecular weight is 292 g/mol. The molecule has 0 heterocycles. The molecule has 0 aromatic carbocycles. The fourth-order valence-electron chi connectivity index (χ4n) is 7.21. The lowest BCUT2D eigenvalue weighted by Crippen LogP contribution is -2.54. The summed E-state index contributed by atoms with van der Waals surface area (Å²) in [6, 6.07) is 0. The van der Waals surface area contributed by atoms with E-state index in [1.807, 2.05) is 0 Å². The van der Waals surface area contributed by atoms with Gasteiger partial charge in [-0.1, -0.05) is 13.8 Å². The van der Waals surface area contributed by atoms with Crippen LogP contribution in [0.3, 0.4) is 0 Å². The maximum Gasteiger partial charge on any atom is 0.0596 e. The first-order valence-electron chi connectivity index (χ1n) is 9.31. The van der Waals surface area contributed by atoms with Crippen LogP contribution in [-0.4, -0.2) is 22.4 Å². The van der Waals surface area contributed by atoms with Crippen molar-refractivity contribution in [3.8, 4) is 0 Å². The van der Waals surface area contributed by atoms with Crippen molar-refractivity contribution >= 4 is 0 Å². The molecule has 2 heteroatoms. The Bertz CT molecular complexity index is 422. The predicted octanol–water partition coefficient (Wildman–Crippen LogP) is 3.75. The van der Waals surface area contributed by atoms with Crippen molar-refractivity contribution in [3.63, 3.8) is 0 Å². The summed E-state index contributed by atoms with van der Waals surface area (Å²) in [7, 11) is 0. The van der Waals surface area contributed by atoms with Gasteiger partial charge in [0.1, 0.15) is 0 Å². The van der Waals surface area contributed by atoms with E-state index in [4.69, 9.17) is 0 Å². The SMILES string of the molecule is C[C@]12CC[C@H](O)C[C@@H]1CC[C@H]1[C@H]2CC[C@]2(C)[C@H](O)CC[C@H]12. The summed E-state index contributed by atoms with van der Waals surface area (Å²) >= 11 is 0. The smallest absolute Gasteiger partial charge is 0.0596 e. The Hall–Kier alpha value is -0.0800. The van der Waals surface area contributed by atoms with E-state index in [-0.39, 0.29) is 17.6 Å². The van der Waals surface area contributed by atoms with Crippen LogP contribution in [0.5, 0.6) is 0 Å². The first-order valence-corrected chi connectivity index (χ1v) is 9.31. The van der Waals surface area contributed by atoms with Crippen LogP contribution in [-0.2, 0) is 0 Å². The minimum atomic E-state index is -0.0536. The van der Waals surface area contributed by atoms with E-state index in [2.05, 4.69) is 13.8 Å². The number of aliphatic hydroxyl groups excluding tert-OH is 2. The lowest BCUT2D eigenvalue weighted by molar-refractivity contribution is -0.133. The Kier molecular flexibility index (Phi) is 3.25. The maximum absolute atomic E-state index is 10.5. The van der Waals surface area contributed by atoms with Gasteiger partial charge < -0.3 is 10.2 Å². The van der Waals surface area contributed by atoms with Crippen molar-refractivity contribution in [3.05, 3.63) is 0 Å². The summed E-state index contributed by atoms with van der Waals surface area (Å²) in [5, 5.41) is 20.5. The van der Waals surface area contributed by atoms with Gasteiger partial charge in [-0.3, -0.25) is 0 Å². The Morgan fingerprint density at radius 1 is 0.762 bits per heavy atom. The van der Waals surface area contributed by atoms with E-state index >= 15 is 0 Å². The Morgan fingerprint density at radius 2 is 1.48 bits per heavy atom. The van der Waals surface area contributed by atoms with E-state index in [0.29, 0.717) is 5.41 Å². The third kappa shape index (κ3) is 1.91. The molecule has 4 aliphatic carbocycles. The number of rotatable bonds is 0. The first kappa shape index (κ1) is 14.5. The molecule has 0 bridgehead atoms. The molecule has 0 amide bonds. The second-order valence-electron chi connectivity index (χ2n) is 9.22. The molecule has 21 heavy (non-hydrogen) atoms. The third-order valence-electron chi connectivity index (χ3n) is 8.59. The van der Waals surface area contributed by atoms with Gasteiger partial charge in [0.2, 0.25) is 0 Å². The number of hydrogen-bond donors (Lipinski definition) is 2. The highest BCUT2D eigenvalue weighted by molar-refractivity contribution is 5.09. The lowest BCUT2D eigenvalue weighted by atomic mass is 9.45. The largest absolute Gasteiger partial charge is 0.393 e. The first-order chi connectivity index (χ1) is 9.95. The van der Waals surface area contributed by atoms with Gasteiger partial charge in [0.05, 0.1) is 12.2 Å². The highest BCUT2D eigenvalue weighted by atomic mass is 16.3. The molecule has 0 aromatic rings. The van der Waals surface area contributed by atoms with Crippen LogP contribution in [0.25, 0.3) is 0 Å². The number of fused-ring (bicyclic) bond motifs is 5. The molecule has 4 saturated carbocycles. The predicted molar refractivity (Wildman–Crippen MR) is 83.7 cm³/mol. The minimum Gasteiger partial charge on any atom is -0.393 e. The summed E-state index contributed by atoms with van der Waals surface area (Å²) in [4.78, 5) is 0. The van der Waals surface area contributed by atoms with Gasteiger partial charge in [-0.25, -0.2) is 0 Å². The van der Waals surface area contributed by atoms with E-state index < -0.39 is 0 Å². The minimum absolute atomic E-state index is 0.0400. The normalized spacial score (nSPS) is 60.0. The van der Waals surface area contributed by atoms with Gasteiger partial charge in [-0.15, -0.1) is 0 Å². The lowest BCUT2D eigenvalue weighted by Gasteiger charge is -2.60. The van der Waals surface area contributed by atoms with E-state index in [0.717, 1.165) is 42.9 Å². The molecule has 8 atom stereocenters. The zero-order chi connectivity index (χ0) is 14.8. The van der Waals surface area contributed by atoms with Crippen LogP contribution >= 0.6 is 0 Å². The standard InChI is InChI=1S/C19H32O2/c1-18-9-7-13(20)11-12(18)3-4-14-15-5-6-17(21)19(15,2)10-8-16(14)18/h12-17,20-21H,3-11H2,1-2H3/t12-,13-,14+,15+,16+,17+,18-,19-/m0/s1. The zero-order valence-electron chi connectivity index (χ0n) is 13.7. The number of aliphatic hydroxyl groups is 2. The molecule has 0 aliphatic heterocycles. The molecule has 0 aromatic heterocycles. The van der Waals surface area contributed by atoms with Crippen molar-refractivity contribution in [1.29, 1.82) is 0 Å². The molecule has 0 radical (unpaired) electrons. The summed E-state index contributed by atoms with van der Waals surface area (Å²) in [6.45, 7) is 4.90. The van der Waals surface area contributed by atoms with Crippen LogP contribution in [0.2, 0.25) is 0 Å². The Balaban J connectivity index is 1.62. The van der Waals surface area contributed by atoms with Gasteiger partial charge in [-0.05, 0) is 92.3 Å². The third-order valence-corrected chi connectivity index (χ3v) is 8.59. The topological polar surface area (TPSA) is 40.5 Å². The van der Waals surface area contributed by atoms with Gasteiger partial charge >= 0.3 is 0 Å². The van der Waals surface area contributed by atoms with Crippen LogP contribution in [0.4, 0.5) is 0 Å². The molecule has 4 fully saturated rings. The molecular weight excluding hydrogens is 260 g/mol. The fourth-order valence-corrected chi connectivity index (χ4v) is 7.21. The molecule has 4 rings (SSSR count). The van der Waals surface area contributed by atoms with Crippen LogP contribution < -0.4 is 0 Å². The summed E-state index contributed by atoms with van der Waals surface area (Å²) in [5.41, 5.74) is 0.676. The van der Waals surface area contributed by atoms with Gasteiger partial charge in [0, 0.05) is 0 Å². The second-order valence-corrected chi connectivity index (χ2v) is 9.22. The number of hydrogen-bond acceptors (Lipinski definition) is 2. The van der Waals surface area contributed by atoms with Crippen molar-refractivity contribution in [2.75, 3.05) is 0 Å². The highest BCUT2D eigenvalue weighted by Crippen LogP contribution is 2.66. The molecule has 2 nitrogen and oxygen atoms in total. The molecule has 0 saturated heterocycles. The van der Waals surface area contributed by atoms with E-state index in [1.165, 1.54) is 38.5 Å². The van der Waals surface area contributed by atoms with E-state index in [1.54, 1.807) is 0 Å². The zero-order valence-corrected chi connectivity index (χ0v) is 13.7. The average Bonchev–Trinajstić information content (AvgIpc) is 2.76. The van der Waals surface area contributed by atoms with Crippen molar-refractivity contribution in [2.24, 2.45) is 34.5 Å². The van der Waals surface area contributed by atoms with Crippen molar-refractivity contribution in [1.82, 2.24) is 0 Å². The summed E-state index contributed by atoms with van der Waals surface area (Å²) in [6.07, 6.45) is 10.7. The molecule has 0 spiro atoms. The molecular formula is C19H32O2. The van der Waals surface area contributed by atoms with Gasteiger partial charge in [-0.2, -0.15) is 0 Å². The molecule has 4 aliphatic rings. The summed E-state index contributed by atoms with van der Waals surface area (Å²) < 4.78 is 0.